The summed E-state index contributed by atoms with van der Waals surface area (Å²) in [5, 5.41) is 16.3. The van der Waals surface area contributed by atoms with Gasteiger partial charge >= 0.3 is 0 Å². The molecule has 1 fully saturated rings. The van der Waals surface area contributed by atoms with E-state index in [1.165, 1.54) is 36.8 Å². The van der Waals surface area contributed by atoms with Crippen molar-refractivity contribution >= 4 is 11.5 Å². The predicted octanol–water partition coefficient (Wildman–Crippen LogP) is 3.67. The molecule has 2 aromatic heterocycles. The van der Waals surface area contributed by atoms with Crippen LogP contribution in [0.25, 0.3) is 5.65 Å². The molecule has 0 saturated heterocycles. The van der Waals surface area contributed by atoms with Gasteiger partial charge < -0.3 is 5.32 Å². The first-order valence-corrected chi connectivity index (χ1v) is 8.66. The maximum absolute atomic E-state index is 4.62. The van der Waals surface area contributed by atoms with Gasteiger partial charge in [-0.05, 0) is 44.4 Å². The number of benzene rings is 1. The van der Waals surface area contributed by atoms with Crippen molar-refractivity contribution in [3.05, 3.63) is 53.3 Å². The van der Waals surface area contributed by atoms with E-state index in [1.807, 2.05) is 19.1 Å². The highest BCUT2D eigenvalue weighted by Gasteiger charge is 2.35. The molecule has 124 valence electrons. The second-order valence-electron chi connectivity index (χ2n) is 6.95. The highest BCUT2D eigenvalue weighted by Crippen LogP contribution is 2.41. The van der Waals surface area contributed by atoms with Crippen LogP contribution in [0, 0.1) is 13.8 Å². The Kier molecular flexibility index (Phi) is 3.71. The van der Waals surface area contributed by atoms with E-state index in [9.17, 15) is 0 Å². The lowest BCUT2D eigenvalue weighted by Gasteiger charge is -2.30. The zero-order valence-electron chi connectivity index (χ0n) is 14.3. The van der Waals surface area contributed by atoms with Crippen LogP contribution < -0.4 is 5.32 Å². The van der Waals surface area contributed by atoms with E-state index in [4.69, 9.17) is 0 Å². The number of nitrogens with one attached hydrogen (secondary N) is 1. The Balaban J connectivity index is 1.60. The normalized spacial score (nSPS) is 16.6. The van der Waals surface area contributed by atoms with E-state index in [0.717, 1.165) is 23.8 Å². The minimum atomic E-state index is 0.213. The van der Waals surface area contributed by atoms with Crippen LogP contribution in [0.1, 0.15) is 42.6 Å². The Morgan fingerprint density at radius 3 is 2.71 bits per heavy atom. The number of hydrogen-bond donors (Lipinski definition) is 1. The Bertz CT molecular complexity index is 861. The lowest BCUT2D eigenvalue weighted by atomic mass is 9.78. The molecule has 1 aliphatic carbocycles. The van der Waals surface area contributed by atoms with Crippen molar-refractivity contribution in [1.29, 1.82) is 0 Å². The summed E-state index contributed by atoms with van der Waals surface area (Å²) in [6, 6.07) is 12.9. The number of aryl methyl sites for hydroxylation is 2. The van der Waals surface area contributed by atoms with Crippen LogP contribution in [0.15, 0.2) is 36.4 Å². The van der Waals surface area contributed by atoms with E-state index in [0.29, 0.717) is 0 Å². The molecular weight excluding hydrogens is 298 g/mol. The first-order valence-electron chi connectivity index (χ1n) is 8.66. The summed E-state index contributed by atoms with van der Waals surface area (Å²) in [5.74, 6) is 1.69. The molecule has 1 aromatic carbocycles. The lowest BCUT2D eigenvalue weighted by Crippen LogP contribution is -2.31. The number of anilines is 1. The summed E-state index contributed by atoms with van der Waals surface area (Å²) >= 11 is 0. The fourth-order valence-electron chi connectivity index (χ4n) is 3.84. The van der Waals surface area contributed by atoms with Crippen LogP contribution in [0.3, 0.4) is 0 Å². The van der Waals surface area contributed by atoms with Crippen molar-refractivity contribution in [2.24, 2.45) is 0 Å². The molecule has 0 radical (unpaired) electrons. The summed E-state index contributed by atoms with van der Waals surface area (Å²) in [6.45, 7) is 5.00. The van der Waals surface area contributed by atoms with Crippen molar-refractivity contribution in [3.63, 3.8) is 0 Å². The Morgan fingerprint density at radius 2 is 1.92 bits per heavy atom. The number of aromatic nitrogens is 4. The number of rotatable bonds is 4. The topological polar surface area (TPSA) is 55.1 Å². The molecule has 1 N–H and O–H groups in total. The summed E-state index contributed by atoms with van der Waals surface area (Å²) in [6.07, 6.45) is 5.06. The highest BCUT2D eigenvalue weighted by molar-refractivity contribution is 5.45. The van der Waals surface area contributed by atoms with E-state index in [2.05, 4.69) is 51.8 Å². The second kappa shape index (κ2) is 5.89. The number of hydrogen-bond acceptors (Lipinski definition) is 4. The minimum Gasteiger partial charge on any atom is -0.368 e. The Morgan fingerprint density at radius 1 is 1.08 bits per heavy atom. The fourth-order valence-corrected chi connectivity index (χ4v) is 3.84. The van der Waals surface area contributed by atoms with Crippen LogP contribution in [-0.4, -0.2) is 26.4 Å². The molecule has 3 aromatic rings. The second-order valence-corrected chi connectivity index (χ2v) is 6.95. The molecule has 0 aliphatic heterocycles. The maximum Gasteiger partial charge on any atom is 0.178 e. The average molecular weight is 321 g/mol. The van der Waals surface area contributed by atoms with Gasteiger partial charge in [0.2, 0.25) is 0 Å². The summed E-state index contributed by atoms with van der Waals surface area (Å²) in [7, 11) is 0. The van der Waals surface area contributed by atoms with Gasteiger partial charge in [-0.3, -0.25) is 0 Å². The molecule has 4 rings (SSSR count). The average Bonchev–Trinajstić information content (AvgIpc) is 3.21. The Labute approximate surface area is 142 Å². The highest BCUT2D eigenvalue weighted by atomic mass is 15.4. The molecule has 0 atom stereocenters. The summed E-state index contributed by atoms with van der Waals surface area (Å²) < 4.78 is 1.79. The molecule has 5 heteroatoms. The van der Waals surface area contributed by atoms with Crippen LogP contribution in [-0.2, 0) is 5.41 Å². The quantitative estimate of drug-likeness (QED) is 0.796. The summed E-state index contributed by atoms with van der Waals surface area (Å²) in [4.78, 5) is 0. The molecule has 24 heavy (non-hydrogen) atoms. The minimum absolute atomic E-state index is 0.213. The zero-order chi connectivity index (χ0) is 16.6. The van der Waals surface area contributed by atoms with E-state index >= 15 is 0 Å². The van der Waals surface area contributed by atoms with Crippen LogP contribution in [0.2, 0.25) is 0 Å². The monoisotopic (exact) mass is 321 g/mol. The van der Waals surface area contributed by atoms with Gasteiger partial charge in [-0.1, -0.05) is 42.7 Å². The van der Waals surface area contributed by atoms with Crippen LogP contribution in [0.5, 0.6) is 0 Å². The number of nitrogens with zero attached hydrogens (tertiary/aromatic N) is 4. The lowest BCUT2D eigenvalue weighted by molar-refractivity contribution is 0.465. The third kappa shape index (κ3) is 2.64. The van der Waals surface area contributed by atoms with Gasteiger partial charge in [0.25, 0.3) is 0 Å². The molecule has 0 spiro atoms. The van der Waals surface area contributed by atoms with Crippen molar-refractivity contribution in [3.8, 4) is 0 Å². The van der Waals surface area contributed by atoms with Gasteiger partial charge in [-0.25, -0.2) is 0 Å². The molecular formula is C19H23N5. The smallest absolute Gasteiger partial charge is 0.178 e. The van der Waals surface area contributed by atoms with Crippen molar-refractivity contribution in [1.82, 2.24) is 19.8 Å². The predicted molar refractivity (Wildman–Crippen MR) is 95.3 cm³/mol. The molecule has 5 nitrogen and oxygen atoms in total. The zero-order valence-corrected chi connectivity index (χ0v) is 14.3. The van der Waals surface area contributed by atoms with E-state index in [-0.39, 0.29) is 5.41 Å². The standard InChI is InChI=1S/C19H23N5/c1-14-6-5-7-16(12-14)19(10-3-4-11-19)13-20-17-8-9-18-22-21-15(2)24(18)23-17/h5-9,12H,3-4,10-11,13H2,1-2H3,(H,20,23). The molecule has 0 bridgehead atoms. The van der Waals surface area contributed by atoms with Gasteiger partial charge in [0.05, 0.1) is 0 Å². The maximum atomic E-state index is 4.62. The molecule has 1 aliphatic rings. The van der Waals surface area contributed by atoms with Crippen molar-refractivity contribution in [2.45, 2.75) is 44.9 Å². The van der Waals surface area contributed by atoms with Gasteiger partial charge in [0, 0.05) is 12.0 Å². The SMILES string of the molecule is Cc1cccc(C2(CNc3ccc4nnc(C)n4n3)CCCC2)c1. The molecule has 1 saturated carbocycles. The fraction of sp³-hybridized carbons (Fsp3) is 0.421. The molecule has 0 unspecified atom stereocenters. The van der Waals surface area contributed by atoms with Crippen molar-refractivity contribution < 1.29 is 0 Å². The molecule has 2 heterocycles. The third-order valence-electron chi connectivity index (χ3n) is 5.22. The Hall–Kier alpha value is -2.43. The largest absolute Gasteiger partial charge is 0.368 e. The number of fused-ring (bicyclic) bond motifs is 1. The molecule has 0 amide bonds. The third-order valence-corrected chi connectivity index (χ3v) is 5.22. The van der Waals surface area contributed by atoms with E-state index < -0.39 is 0 Å². The first kappa shape index (κ1) is 15.1. The van der Waals surface area contributed by atoms with Gasteiger partial charge in [-0.15, -0.1) is 15.3 Å². The van der Waals surface area contributed by atoms with Gasteiger partial charge in [-0.2, -0.15) is 4.52 Å². The van der Waals surface area contributed by atoms with Crippen LogP contribution in [0.4, 0.5) is 5.82 Å². The van der Waals surface area contributed by atoms with E-state index in [1.54, 1.807) is 4.52 Å². The van der Waals surface area contributed by atoms with Gasteiger partial charge in [0.1, 0.15) is 5.82 Å². The van der Waals surface area contributed by atoms with Crippen molar-refractivity contribution in [2.75, 3.05) is 11.9 Å². The first-order chi connectivity index (χ1) is 11.7. The van der Waals surface area contributed by atoms with Gasteiger partial charge in [0.15, 0.2) is 11.5 Å². The van der Waals surface area contributed by atoms with Crippen LogP contribution >= 0.6 is 0 Å². The summed E-state index contributed by atoms with van der Waals surface area (Å²) in [5.41, 5.74) is 3.78.